The summed E-state index contributed by atoms with van der Waals surface area (Å²) in [7, 11) is 6.44. The van der Waals surface area contributed by atoms with Gasteiger partial charge in [0.25, 0.3) is 0 Å². The Balaban J connectivity index is 0.000000658. The molecule has 1 aromatic rings. The number of quaternary nitrogens is 1. The first-order valence-electron chi connectivity index (χ1n) is 12.1. The van der Waals surface area contributed by atoms with Gasteiger partial charge < -0.3 is 23.2 Å². The maximum Gasteiger partial charge on any atom is 0.218 e. The molecule has 0 radical (unpaired) electrons. The van der Waals surface area contributed by atoms with Gasteiger partial charge in [0.2, 0.25) is 10.4 Å². The van der Waals surface area contributed by atoms with E-state index >= 15 is 0 Å². The van der Waals surface area contributed by atoms with Gasteiger partial charge in [0.05, 0.1) is 34.3 Å². The Morgan fingerprint density at radius 2 is 1.83 bits per heavy atom. The van der Waals surface area contributed by atoms with Crippen LogP contribution in [0.3, 0.4) is 0 Å². The average Bonchev–Trinajstić information content (AvgIpc) is 2.99. The summed E-state index contributed by atoms with van der Waals surface area (Å²) in [5, 5.41) is 0. The van der Waals surface area contributed by atoms with Gasteiger partial charge in [-0.25, -0.2) is 17.2 Å². The molecule has 0 unspecified atom stereocenters. The maximum absolute atomic E-state index is 14.9. The summed E-state index contributed by atoms with van der Waals surface area (Å²) in [4.78, 5) is 0. The Hall–Kier alpha value is -1.37. The zero-order chi connectivity index (χ0) is 27.1. The zero-order valence-electron chi connectivity index (χ0n) is 22.1. The van der Waals surface area contributed by atoms with Crippen molar-refractivity contribution in [3.05, 3.63) is 29.1 Å². The topological polar surface area (TPSA) is 94.1 Å². The standard InChI is InChI=1S/C21H28F2O7S.C4H12N/c1-21-9-18(28-3)19-12(14(21)8-16(23)20(21)30-31(24,25)26)5-4-11-6-17(29-10-27-2)15(22)7-13(11)19;1-5(2,3)4/h6-7,12,14,16,18-20H,4-5,8-10H2,1-3H3,(H,24,25,26);1-4H3/q;+1/p-1/t12-,14-,16+,18-,19-,20-,21-;/m0./s1/i23-1;. The van der Waals surface area contributed by atoms with E-state index in [4.69, 9.17) is 18.4 Å². The third-order valence-corrected chi connectivity index (χ3v) is 7.92. The lowest BCUT2D eigenvalue weighted by Crippen LogP contribution is -2.51. The molecule has 206 valence electrons. The van der Waals surface area contributed by atoms with Gasteiger partial charge in [0, 0.05) is 25.6 Å². The van der Waals surface area contributed by atoms with Gasteiger partial charge in [0.1, 0.15) is 12.3 Å². The molecule has 0 aliphatic heterocycles. The number of nitrogens with zero attached hydrogens (tertiary/aromatic N) is 1. The average molecular weight is 535 g/mol. The number of hydrogen-bond acceptors (Lipinski definition) is 7. The summed E-state index contributed by atoms with van der Waals surface area (Å²) in [5.41, 5.74) is 0.879. The fourth-order valence-corrected chi connectivity index (χ4v) is 6.90. The number of aryl methyl sites for hydroxylation is 1. The van der Waals surface area contributed by atoms with Gasteiger partial charge in [-0.15, -0.1) is 0 Å². The number of fused-ring (bicyclic) bond motifs is 5. The molecule has 7 atom stereocenters. The molecular formula is C25H39F2NO7S. The van der Waals surface area contributed by atoms with Crippen molar-refractivity contribution in [3.8, 4) is 5.75 Å². The fraction of sp³-hybridized carbons (Fsp3) is 0.760. The fourth-order valence-electron chi connectivity index (χ4n) is 6.31. The number of hydrogen-bond donors (Lipinski definition) is 0. The number of methoxy groups -OCH3 is 2. The first kappa shape index (κ1) is 29.2. The van der Waals surface area contributed by atoms with Gasteiger partial charge in [0.15, 0.2) is 18.4 Å². The minimum absolute atomic E-state index is 0.0532. The highest BCUT2D eigenvalue weighted by Gasteiger charge is 2.62. The third-order valence-electron chi connectivity index (χ3n) is 7.48. The van der Waals surface area contributed by atoms with Crippen LogP contribution in [0.15, 0.2) is 12.1 Å². The van der Waals surface area contributed by atoms with Crippen LogP contribution in [0.5, 0.6) is 5.75 Å². The van der Waals surface area contributed by atoms with E-state index in [2.05, 4.69) is 28.2 Å². The molecule has 0 heterocycles. The predicted octanol–water partition coefficient (Wildman–Crippen LogP) is 3.41. The van der Waals surface area contributed by atoms with Crippen LogP contribution in [0.2, 0.25) is 0 Å². The summed E-state index contributed by atoms with van der Waals surface area (Å²) in [6.45, 7) is 1.71. The Bertz CT molecular complexity index is 1030. The van der Waals surface area contributed by atoms with Crippen LogP contribution in [-0.2, 0) is 30.5 Å². The van der Waals surface area contributed by atoms with Gasteiger partial charge in [-0.3, -0.25) is 4.18 Å². The minimum Gasteiger partial charge on any atom is -0.726 e. The lowest BCUT2D eigenvalue weighted by atomic mass is 9.54. The molecule has 0 saturated heterocycles. The van der Waals surface area contributed by atoms with Crippen LogP contribution >= 0.6 is 0 Å². The quantitative estimate of drug-likeness (QED) is 0.239. The van der Waals surface area contributed by atoms with E-state index in [0.717, 1.165) is 15.6 Å². The second kappa shape index (κ2) is 10.8. The number of rotatable bonds is 6. The molecule has 4 rings (SSSR count). The van der Waals surface area contributed by atoms with Gasteiger partial charge >= 0.3 is 0 Å². The van der Waals surface area contributed by atoms with Crippen LogP contribution < -0.4 is 4.74 Å². The van der Waals surface area contributed by atoms with Crippen molar-refractivity contribution in [1.82, 2.24) is 0 Å². The molecule has 3 aliphatic carbocycles. The van der Waals surface area contributed by atoms with Crippen LogP contribution in [0.1, 0.15) is 43.2 Å². The van der Waals surface area contributed by atoms with Crippen molar-refractivity contribution in [3.63, 3.8) is 0 Å². The van der Waals surface area contributed by atoms with Gasteiger partial charge in [-0.1, -0.05) is 6.92 Å². The van der Waals surface area contributed by atoms with Crippen molar-refractivity contribution < 1.29 is 44.6 Å². The first-order chi connectivity index (χ1) is 16.6. The van der Waals surface area contributed by atoms with Crippen molar-refractivity contribution in [2.75, 3.05) is 49.2 Å². The lowest BCUT2D eigenvalue weighted by molar-refractivity contribution is -0.849. The molecule has 2 saturated carbocycles. The van der Waals surface area contributed by atoms with E-state index < -0.39 is 40.0 Å². The Morgan fingerprint density at radius 3 is 2.39 bits per heavy atom. The second-order valence-corrected chi connectivity index (χ2v) is 12.7. The Morgan fingerprint density at radius 1 is 1.19 bits per heavy atom. The summed E-state index contributed by atoms with van der Waals surface area (Å²) in [6, 6.07) is 3.15. The third kappa shape index (κ3) is 6.36. The van der Waals surface area contributed by atoms with Crippen molar-refractivity contribution >= 4 is 10.4 Å². The highest BCUT2D eigenvalue weighted by molar-refractivity contribution is 7.80. The normalized spacial score (nSPS) is 33.6. The number of ether oxygens (including phenoxy) is 3. The highest BCUT2D eigenvalue weighted by atomic mass is 32.3. The molecule has 36 heavy (non-hydrogen) atoms. The molecule has 11 heteroatoms. The van der Waals surface area contributed by atoms with E-state index in [1.165, 1.54) is 20.3 Å². The summed E-state index contributed by atoms with van der Waals surface area (Å²) in [5.74, 6) is -0.831. The van der Waals surface area contributed by atoms with Crippen molar-refractivity contribution in [1.29, 1.82) is 0 Å². The smallest absolute Gasteiger partial charge is 0.218 e. The van der Waals surface area contributed by atoms with Crippen LogP contribution in [0.25, 0.3) is 0 Å². The molecule has 0 aromatic heterocycles. The molecule has 0 spiro atoms. The molecule has 0 bridgehead atoms. The lowest BCUT2D eigenvalue weighted by Gasteiger charge is -2.53. The summed E-state index contributed by atoms with van der Waals surface area (Å²) >= 11 is 0. The number of benzene rings is 1. The van der Waals surface area contributed by atoms with Crippen LogP contribution in [0.4, 0.5) is 8.78 Å². The molecule has 2 fully saturated rings. The molecule has 0 amide bonds. The van der Waals surface area contributed by atoms with Gasteiger partial charge in [-0.2, -0.15) is 0 Å². The minimum atomic E-state index is -5.05. The van der Waals surface area contributed by atoms with E-state index in [1.54, 1.807) is 13.0 Å². The zero-order valence-corrected chi connectivity index (χ0v) is 22.9. The monoisotopic (exact) mass is 534 g/mol. The van der Waals surface area contributed by atoms with Crippen LogP contribution in [-0.4, -0.2) is 85.0 Å². The largest absolute Gasteiger partial charge is 0.726 e. The predicted molar refractivity (Wildman–Crippen MR) is 129 cm³/mol. The molecule has 0 N–H and O–H groups in total. The van der Waals surface area contributed by atoms with E-state index in [-0.39, 0.29) is 36.7 Å². The molecule has 3 aliphatic rings. The van der Waals surface area contributed by atoms with E-state index in [9.17, 15) is 21.8 Å². The number of alkyl halides is 1. The summed E-state index contributed by atoms with van der Waals surface area (Å²) < 4.78 is 85.1. The highest BCUT2D eigenvalue weighted by Crippen LogP contribution is 2.63. The maximum atomic E-state index is 14.9. The number of halogens is 2. The first-order valence-corrected chi connectivity index (χ1v) is 13.5. The Labute approximate surface area is 213 Å². The van der Waals surface area contributed by atoms with Crippen LogP contribution in [0, 0.1) is 23.1 Å². The van der Waals surface area contributed by atoms with Crippen molar-refractivity contribution in [2.24, 2.45) is 17.3 Å². The molecule has 8 nitrogen and oxygen atoms in total. The van der Waals surface area contributed by atoms with Gasteiger partial charge in [-0.05, 0) is 60.8 Å². The van der Waals surface area contributed by atoms with E-state index in [0.29, 0.717) is 19.3 Å². The second-order valence-electron chi connectivity index (χ2n) is 11.7. The Kier molecular flexibility index (Phi) is 8.74. The molecule has 1 aromatic carbocycles. The summed E-state index contributed by atoms with van der Waals surface area (Å²) in [6.07, 6.45) is -1.57. The SMILES string of the molecule is COCOc1cc2c(cc1F)[C@@H]1[C@@H](CC2)[C@@H]2C[C@@H]([18F])[C@H](OS(=O)(=O)[O-])[C@@]2(C)C[C@@H]1OC.C[N+](C)(C)C. The van der Waals surface area contributed by atoms with E-state index in [1.807, 2.05) is 0 Å². The molecular weight excluding hydrogens is 495 g/mol. The van der Waals surface area contributed by atoms with Crippen molar-refractivity contribution in [2.45, 2.75) is 56.9 Å².